The lowest BCUT2D eigenvalue weighted by Crippen LogP contribution is -2.33. The van der Waals surface area contributed by atoms with Crippen molar-refractivity contribution in [2.75, 3.05) is 0 Å². The van der Waals surface area contributed by atoms with Crippen molar-refractivity contribution in [3.05, 3.63) is 97.4 Å². The third kappa shape index (κ3) is 4.66. The number of alkyl halides is 3. The van der Waals surface area contributed by atoms with E-state index in [1.165, 1.54) is 50.2 Å². The van der Waals surface area contributed by atoms with E-state index in [1.54, 1.807) is 0 Å². The van der Waals surface area contributed by atoms with Crippen LogP contribution in [0.1, 0.15) is 40.3 Å². The van der Waals surface area contributed by atoms with E-state index in [0.29, 0.717) is 0 Å². The van der Waals surface area contributed by atoms with Gasteiger partial charge in [0, 0.05) is 17.8 Å². The summed E-state index contributed by atoms with van der Waals surface area (Å²) in [6, 6.07) is 10.3. The number of rotatable bonds is 5. The first kappa shape index (κ1) is 22.7. The fourth-order valence-corrected chi connectivity index (χ4v) is 3.08. The number of benzene rings is 2. The van der Waals surface area contributed by atoms with Gasteiger partial charge in [0.05, 0.1) is 16.5 Å². The molecule has 0 aliphatic heterocycles. The van der Waals surface area contributed by atoms with Crippen molar-refractivity contribution in [1.29, 1.82) is 0 Å². The summed E-state index contributed by atoms with van der Waals surface area (Å²) in [5, 5.41) is 17.8. The van der Waals surface area contributed by atoms with Crippen molar-refractivity contribution in [3.63, 3.8) is 0 Å². The van der Waals surface area contributed by atoms with Crippen LogP contribution in [0.25, 0.3) is 5.69 Å². The average Bonchev–Trinajstić information content (AvgIpc) is 2.73. The van der Waals surface area contributed by atoms with Gasteiger partial charge in [0.1, 0.15) is 5.69 Å². The Balaban J connectivity index is 1.96. The molecule has 0 aliphatic rings. The van der Waals surface area contributed by atoms with Crippen LogP contribution in [0.2, 0.25) is 0 Å². The molecular weight excluding hydrogens is 429 g/mol. The predicted octanol–water partition coefficient (Wildman–Crippen LogP) is 3.96. The highest BCUT2D eigenvalue weighted by atomic mass is 19.4. The second kappa shape index (κ2) is 8.61. The van der Waals surface area contributed by atoms with E-state index in [9.17, 15) is 32.9 Å². The average molecular weight is 446 g/mol. The van der Waals surface area contributed by atoms with Gasteiger partial charge in [-0.2, -0.15) is 18.3 Å². The molecule has 166 valence electrons. The molecule has 11 heteroatoms. The molecule has 0 spiro atoms. The Bertz CT molecular complexity index is 1250. The Morgan fingerprint density at radius 1 is 1.16 bits per heavy atom. The van der Waals surface area contributed by atoms with Crippen LogP contribution in [-0.4, -0.2) is 20.6 Å². The van der Waals surface area contributed by atoms with Crippen molar-refractivity contribution in [3.8, 4) is 5.69 Å². The van der Waals surface area contributed by atoms with Crippen LogP contribution in [0, 0.1) is 17.0 Å². The molecule has 1 N–H and O–H groups in total. The number of aryl methyl sites for hydroxylation is 1. The number of carbonyl (C=O) groups is 1. The first-order valence-corrected chi connectivity index (χ1v) is 9.32. The Hall–Kier alpha value is -4.02. The standard InChI is InChI=1S/C21H17F3N4O4/c1-12-10-18(29)19(26-27(12)16-8-3-4-9-17(16)28(31)32)20(30)25-13(2)14-6-5-7-15(11-14)21(22,23)24/h3-11,13H,1-2H3,(H,25,30). The molecule has 3 rings (SSSR count). The zero-order valence-electron chi connectivity index (χ0n) is 16.9. The second-order valence-electron chi connectivity index (χ2n) is 6.97. The molecule has 1 aromatic heterocycles. The zero-order valence-corrected chi connectivity index (χ0v) is 16.9. The van der Waals surface area contributed by atoms with E-state index in [0.717, 1.165) is 22.9 Å². The van der Waals surface area contributed by atoms with Gasteiger partial charge in [0.2, 0.25) is 5.43 Å². The molecule has 0 radical (unpaired) electrons. The molecule has 1 heterocycles. The van der Waals surface area contributed by atoms with E-state index in [-0.39, 0.29) is 22.6 Å². The number of amides is 1. The third-order valence-corrected chi connectivity index (χ3v) is 4.69. The quantitative estimate of drug-likeness (QED) is 0.472. The van der Waals surface area contributed by atoms with Gasteiger partial charge in [-0.15, -0.1) is 0 Å². The van der Waals surface area contributed by atoms with E-state index in [4.69, 9.17) is 0 Å². The summed E-state index contributed by atoms with van der Waals surface area (Å²) in [7, 11) is 0. The first-order valence-electron chi connectivity index (χ1n) is 9.32. The van der Waals surface area contributed by atoms with Gasteiger partial charge in [-0.05, 0) is 37.6 Å². The SMILES string of the molecule is Cc1cc(=O)c(C(=O)NC(C)c2cccc(C(F)(F)F)c2)nn1-c1ccccc1[N+](=O)[O-]. The van der Waals surface area contributed by atoms with Gasteiger partial charge in [-0.1, -0.05) is 24.3 Å². The topological polar surface area (TPSA) is 107 Å². The van der Waals surface area contributed by atoms with Gasteiger partial charge < -0.3 is 5.32 Å². The van der Waals surface area contributed by atoms with Gasteiger partial charge in [-0.3, -0.25) is 19.7 Å². The molecule has 0 saturated carbocycles. The van der Waals surface area contributed by atoms with Crippen molar-refractivity contribution in [2.24, 2.45) is 0 Å². The summed E-state index contributed by atoms with van der Waals surface area (Å²) < 4.78 is 40.0. The van der Waals surface area contributed by atoms with Gasteiger partial charge in [0.15, 0.2) is 5.69 Å². The molecule has 0 saturated heterocycles. The molecule has 0 bridgehead atoms. The Labute approximate surface area is 179 Å². The smallest absolute Gasteiger partial charge is 0.344 e. The van der Waals surface area contributed by atoms with Crippen molar-refractivity contribution in [1.82, 2.24) is 15.1 Å². The Kier molecular flexibility index (Phi) is 6.10. The highest BCUT2D eigenvalue weighted by Gasteiger charge is 2.31. The summed E-state index contributed by atoms with van der Waals surface area (Å²) >= 11 is 0. The van der Waals surface area contributed by atoms with Gasteiger partial charge in [-0.25, -0.2) is 4.68 Å². The summed E-state index contributed by atoms with van der Waals surface area (Å²) in [5.41, 5.74) is -1.95. The molecule has 3 aromatic rings. The summed E-state index contributed by atoms with van der Waals surface area (Å²) in [4.78, 5) is 35.8. The molecule has 0 fully saturated rings. The molecule has 1 amide bonds. The van der Waals surface area contributed by atoms with E-state index < -0.39 is 39.7 Å². The number of carbonyl (C=O) groups excluding carboxylic acids is 1. The molecule has 32 heavy (non-hydrogen) atoms. The van der Waals surface area contributed by atoms with Crippen LogP contribution < -0.4 is 10.7 Å². The van der Waals surface area contributed by atoms with E-state index in [2.05, 4.69) is 10.4 Å². The maximum atomic E-state index is 13.0. The molecule has 8 nitrogen and oxygen atoms in total. The number of nitro benzene ring substituents is 1. The molecule has 0 aliphatic carbocycles. The predicted molar refractivity (Wildman–Crippen MR) is 109 cm³/mol. The number of nitrogens with one attached hydrogen (secondary N) is 1. The number of halogens is 3. The molecule has 2 aromatic carbocycles. The Morgan fingerprint density at radius 3 is 2.50 bits per heavy atom. The molecular formula is C21H17F3N4O4. The molecule has 1 unspecified atom stereocenters. The monoisotopic (exact) mass is 446 g/mol. The largest absolute Gasteiger partial charge is 0.416 e. The van der Waals surface area contributed by atoms with Crippen LogP contribution in [0.3, 0.4) is 0 Å². The van der Waals surface area contributed by atoms with Crippen LogP contribution >= 0.6 is 0 Å². The van der Waals surface area contributed by atoms with Gasteiger partial charge >= 0.3 is 6.18 Å². The second-order valence-corrected chi connectivity index (χ2v) is 6.97. The lowest BCUT2D eigenvalue weighted by molar-refractivity contribution is -0.384. The number of hydrogen-bond donors (Lipinski definition) is 1. The normalized spacial score (nSPS) is 12.3. The molecule has 1 atom stereocenters. The number of nitrogens with zero attached hydrogens (tertiary/aromatic N) is 3. The minimum Gasteiger partial charge on any atom is -0.344 e. The lowest BCUT2D eigenvalue weighted by Gasteiger charge is -2.16. The minimum absolute atomic E-state index is 0.0509. The zero-order chi connectivity index (χ0) is 23.6. The maximum Gasteiger partial charge on any atom is 0.416 e. The van der Waals surface area contributed by atoms with Crippen molar-refractivity contribution >= 4 is 11.6 Å². The summed E-state index contributed by atoms with van der Waals surface area (Å²) in [6.45, 7) is 2.96. The fraction of sp³-hybridized carbons (Fsp3) is 0.190. The van der Waals surface area contributed by atoms with Crippen LogP contribution in [-0.2, 0) is 6.18 Å². The minimum atomic E-state index is -4.55. The van der Waals surface area contributed by atoms with E-state index in [1.807, 2.05) is 0 Å². The third-order valence-electron chi connectivity index (χ3n) is 4.69. The first-order chi connectivity index (χ1) is 15.0. The van der Waals surface area contributed by atoms with Crippen molar-refractivity contribution in [2.45, 2.75) is 26.1 Å². The highest BCUT2D eigenvalue weighted by Crippen LogP contribution is 2.30. The summed E-state index contributed by atoms with van der Waals surface area (Å²) in [6.07, 6.45) is -4.55. The maximum absolute atomic E-state index is 13.0. The Morgan fingerprint density at radius 2 is 1.84 bits per heavy atom. The van der Waals surface area contributed by atoms with Crippen molar-refractivity contribution < 1.29 is 22.9 Å². The summed E-state index contributed by atoms with van der Waals surface area (Å²) in [5.74, 6) is -0.924. The number of hydrogen-bond acceptors (Lipinski definition) is 5. The highest BCUT2D eigenvalue weighted by molar-refractivity contribution is 5.92. The van der Waals surface area contributed by atoms with Crippen LogP contribution in [0.4, 0.5) is 18.9 Å². The van der Waals surface area contributed by atoms with Gasteiger partial charge in [0.25, 0.3) is 11.6 Å². The lowest BCUT2D eigenvalue weighted by atomic mass is 10.0. The number of aromatic nitrogens is 2. The van der Waals surface area contributed by atoms with Crippen LogP contribution in [0.15, 0.2) is 59.4 Å². The fourth-order valence-electron chi connectivity index (χ4n) is 3.08. The number of para-hydroxylation sites is 2. The van der Waals surface area contributed by atoms with Crippen LogP contribution in [0.5, 0.6) is 0 Å². The number of nitro groups is 1. The van der Waals surface area contributed by atoms with E-state index >= 15 is 0 Å².